The standard InChI is InChI=1S/C13H25NO/c1-8-9-12(13(4,5)6)14-10(2)11(3)15-7/h8-11,14H,1H2,2-7H3/b12-9-/t10?,11-/m0/s1. The van der Waals surface area contributed by atoms with Crippen LogP contribution in [0.2, 0.25) is 0 Å². The molecule has 0 amide bonds. The molecule has 1 unspecified atom stereocenters. The molecule has 2 nitrogen and oxygen atoms in total. The molecule has 0 aliphatic carbocycles. The van der Waals surface area contributed by atoms with Crippen molar-refractivity contribution in [2.75, 3.05) is 7.11 Å². The van der Waals surface area contributed by atoms with E-state index in [1.165, 1.54) is 5.70 Å². The van der Waals surface area contributed by atoms with Crippen molar-refractivity contribution in [3.05, 3.63) is 24.4 Å². The highest BCUT2D eigenvalue weighted by molar-refractivity contribution is 5.15. The van der Waals surface area contributed by atoms with E-state index in [0.29, 0.717) is 6.04 Å². The number of methoxy groups -OCH3 is 1. The van der Waals surface area contributed by atoms with Gasteiger partial charge in [0.2, 0.25) is 0 Å². The maximum Gasteiger partial charge on any atom is 0.0741 e. The summed E-state index contributed by atoms with van der Waals surface area (Å²) in [5, 5.41) is 3.47. The van der Waals surface area contributed by atoms with Crippen LogP contribution >= 0.6 is 0 Å². The highest BCUT2D eigenvalue weighted by Crippen LogP contribution is 2.23. The van der Waals surface area contributed by atoms with Gasteiger partial charge < -0.3 is 10.1 Å². The molecule has 0 spiro atoms. The molecule has 0 fully saturated rings. The number of nitrogens with one attached hydrogen (secondary N) is 1. The molecular formula is C13H25NO. The summed E-state index contributed by atoms with van der Waals surface area (Å²) in [6, 6.07) is 0.292. The van der Waals surface area contributed by atoms with Crippen LogP contribution in [0, 0.1) is 5.41 Å². The summed E-state index contributed by atoms with van der Waals surface area (Å²) in [4.78, 5) is 0. The number of rotatable bonds is 5. The Hall–Kier alpha value is -0.760. The van der Waals surface area contributed by atoms with Gasteiger partial charge in [-0.3, -0.25) is 0 Å². The minimum atomic E-state index is 0.107. The van der Waals surface area contributed by atoms with Crippen LogP contribution in [0.1, 0.15) is 34.6 Å². The molecule has 0 aromatic heterocycles. The smallest absolute Gasteiger partial charge is 0.0741 e. The van der Waals surface area contributed by atoms with Crippen molar-refractivity contribution in [1.82, 2.24) is 5.32 Å². The summed E-state index contributed by atoms with van der Waals surface area (Å²) >= 11 is 0. The highest BCUT2D eigenvalue weighted by atomic mass is 16.5. The van der Waals surface area contributed by atoms with Crippen LogP contribution in [-0.4, -0.2) is 19.3 Å². The van der Waals surface area contributed by atoms with Crippen LogP contribution in [-0.2, 0) is 4.74 Å². The van der Waals surface area contributed by atoms with Gasteiger partial charge in [-0.05, 0) is 19.9 Å². The Morgan fingerprint density at radius 2 is 1.87 bits per heavy atom. The van der Waals surface area contributed by atoms with Crippen molar-refractivity contribution in [2.45, 2.75) is 46.8 Å². The molecule has 2 atom stereocenters. The van der Waals surface area contributed by atoms with Crippen molar-refractivity contribution in [3.8, 4) is 0 Å². The molecule has 0 aliphatic rings. The summed E-state index contributed by atoms with van der Waals surface area (Å²) in [5.41, 5.74) is 1.30. The zero-order chi connectivity index (χ0) is 12.1. The molecule has 1 N–H and O–H groups in total. The molecule has 0 saturated heterocycles. The van der Waals surface area contributed by atoms with Gasteiger partial charge in [-0.15, -0.1) is 0 Å². The SMILES string of the molecule is C=C/C=C(\NC(C)[C@H](C)OC)C(C)(C)C. The normalized spacial score (nSPS) is 17.1. The predicted octanol–water partition coefficient (Wildman–Crippen LogP) is 3.12. The van der Waals surface area contributed by atoms with Gasteiger partial charge in [0.15, 0.2) is 0 Å². The largest absolute Gasteiger partial charge is 0.383 e. The number of allylic oxidation sites excluding steroid dienone is 3. The molecule has 2 heteroatoms. The van der Waals surface area contributed by atoms with Crippen LogP contribution in [0.25, 0.3) is 0 Å². The molecule has 0 aromatic carbocycles. The number of hydrogen-bond acceptors (Lipinski definition) is 2. The van der Waals surface area contributed by atoms with Crippen LogP contribution < -0.4 is 5.32 Å². The maximum absolute atomic E-state index is 5.29. The third-order valence-electron chi connectivity index (χ3n) is 2.55. The molecule has 0 aromatic rings. The van der Waals surface area contributed by atoms with E-state index in [0.717, 1.165) is 0 Å². The third kappa shape index (κ3) is 5.03. The number of hydrogen-bond donors (Lipinski definition) is 1. The topological polar surface area (TPSA) is 21.3 Å². The fraction of sp³-hybridized carbons (Fsp3) is 0.692. The van der Waals surface area contributed by atoms with E-state index < -0.39 is 0 Å². The minimum Gasteiger partial charge on any atom is -0.383 e. The summed E-state index contributed by atoms with van der Waals surface area (Å²) in [6.45, 7) is 14.5. The lowest BCUT2D eigenvalue weighted by Crippen LogP contribution is -2.39. The van der Waals surface area contributed by atoms with Gasteiger partial charge in [-0.25, -0.2) is 0 Å². The Morgan fingerprint density at radius 1 is 1.33 bits per heavy atom. The Bertz CT molecular complexity index is 225. The van der Waals surface area contributed by atoms with Crippen molar-refractivity contribution in [1.29, 1.82) is 0 Å². The van der Waals surface area contributed by atoms with Crippen LogP contribution in [0.3, 0.4) is 0 Å². The second kappa shape index (κ2) is 5.96. The lowest BCUT2D eigenvalue weighted by atomic mass is 9.90. The summed E-state index contributed by atoms with van der Waals surface area (Å²) in [6.07, 6.45) is 4.04. The van der Waals surface area contributed by atoms with Crippen LogP contribution in [0.5, 0.6) is 0 Å². The van der Waals surface area contributed by atoms with Gasteiger partial charge in [0, 0.05) is 24.3 Å². The number of ether oxygens (including phenoxy) is 1. The first-order chi connectivity index (χ1) is 6.82. The highest BCUT2D eigenvalue weighted by Gasteiger charge is 2.20. The van der Waals surface area contributed by atoms with Crippen LogP contribution in [0.4, 0.5) is 0 Å². The molecule has 0 heterocycles. The summed E-state index contributed by atoms with van der Waals surface area (Å²) in [7, 11) is 1.73. The fourth-order valence-electron chi connectivity index (χ4n) is 1.20. The Morgan fingerprint density at radius 3 is 2.20 bits per heavy atom. The Kier molecular flexibility index (Phi) is 5.66. The Labute approximate surface area is 94.4 Å². The van der Waals surface area contributed by atoms with Gasteiger partial charge in [-0.1, -0.05) is 33.4 Å². The fourth-order valence-corrected chi connectivity index (χ4v) is 1.20. The van der Waals surface area contributed by atoms with Gasteiger partial charge in [0.05, 0.1) is 6.10 Å². The van der Waals surface area contributed by atoms with Crippen molar-refractivity contribution in [3.63, 3.8) is 0 Å². The third-order valence-corrected chi connectivity index (χ3v) is 2.55. The molecule has 0 rings (SSSR count). The zero-order valence-electron chi connectivity index (χ0n) is 10.9. The van der Waals surface area contributed by atoms with Gasteiger partial charge in [0.1, 0.15) is 0 Å². The molecule has 0 radical (unpaired) electrons. The minimum absolute atomic E-state index is 0.107. The van der Waals surface area contributed by atoms with Crippen LogP contribution in [0.15, 0.2) is 24.4 Å². The predicted molar refractivity (Wildman–Crippen MR) is 66.8 cm³/mol. The molecule has 0 bridgehead atoms. The van der Waals surface area contributed by atoms with E-state index in [2.05, 4.69) is 46.5 Å². The molecular weight excluding hydrogens is 186 g/mol. The quantitative estimate of drug-likeness (QED) is 0.705. The summed E-state index contributed by atoms with van der Waals surface area (Å²) < 4.78 is 5.29. The van der Waals surface area contributed by atoms with E-state index >= 15 is 0 Å². The van der Waals surface area contributed by atoms with Gasteiger partial charge >= 0.3 is 0 Å². The van der Waals surface area contributed by atoms with Crippen molar-refractivity contribution >= 4 is 0 Å². The van der Waals surface area contributed by atoms with E-state index in [4.69, 9.17) is 4.74 Å². The zero-order valence-corrected chi connectivity index (χ0v) is 10.9. The maximum atomic E-state index is 5.29. The van der Waals surface area contributed by atoms with Gasteiger partial charge in [0.25, 0.3) is 0 Å². The molecule has 15 heavy (non-hydrogen) atoms. The Balaban J connectivity index is 4.57. The lowest BCUT2D eigenvalue weighted by Gasteiger charge is -2.30. The monoisotopic (exact) mass is 211 g/mol. The first-order valence-electron chi connectivity index (χ1n) is 5.45. The molecule has 0 aliphatic heterocycles. The second-order valence-electron chi connectivity index (χ2n) is 4.94. The van der Waals surface area contributed by atoms with Crippen molar-refractivity contribution < 1.29 is 4.74 Å². The van der Waals surface area contributed by atoms with E-state index in [-0.39, 0.29) is 11.5 Å². The van der Waals surface area contributed by atoms with Crippen molar-refractivity contribution in [2.24, 2.45) is 5.41 Å². The molecule has 88 valence electrons. The average molecular weight is 211 g/mol. The average Bonchev–Trinajstić information content (AvgIpc) is 2.14. The van der Waals surface area contributed by atoms with E-state index in [1.54, 1.807) is 7.11 Å². The lowest BCUT2D eigenvalue weighted by molar-refractivity contribution is 0.0900. The second-order valence-corrected chi connectivity index (χ2v) is 4.94. The first kappa shape index (κ1) is 14.2. The van der Waals surface area contributed by atoms with Gasteiger partial charge in [-0.2, -0.15) is 0 Å². The van der Waals surface area contributed by atoms with E-state index in [9.17, 15) is 0 Å². The first-order valence-corrected chi connectivity index (χ1v) is 5.45. The summed E-state index contributed by atoms with van der Waals surface area (Å²) in [5.74, 6) is 0. The molecule has 0 saturated carbocycles. The van der Waals surface area contributed by atoms with E-state index in [1.807, 2.05) is 12.2 Å².